The Morgan fingerprint density at radius 1 is 1.31 bits per heavy atom. The molecule has 0 aliphatic carbocycles. The van der Waals surface area contributed by atoms with Gasteiger partial charge >= 0.3 is 6.03 Å². The van der Waals surface area contributed by atoms with Gasteiger partial charge in [0.05, 0.1) is 0 Å². The lowest BCUT2D eigenvalue weighted by atomic mass is 10.0. The molecule has 3 heterocycles. The molecule has 1 aliphatic rings. The molecule has 0 saturated carbocycles. The number of amides is 2. The molecule has 26 heavy (non-hydrogen) atoms. The maximum absolute atomic E-state index is 12.3. The summed E-state index contributed by atoms with van der Waals surface area (Å²) in [5, 5.41) is 3.02. The van der Waals surface area contributed by atoms with Crippen molar-refractivity contribution in [2.45, 2.75) is 47.1 Å². The van der Waals surface area contributed by atoms with Gasteiger partial charge in [-0.15, -0.1) is 0 Å². The van der Waals surface area contributed by atoms with Crippen LogP contribution in [0.5, 0.6) is 0 Å². The highest BCUT2D eigenvalue weighted by atomic mass is 16.2. The summed E-state index contributed by atoms with van der Waals surface area (Å²) in [6, 6.07) is 4.04. The molecular weight excluding hydrogens is 326 g/mol. The van der Waals surface area contributed by atoms with Gasteiger partial charge in [-0.3, -0.25) is 0 Å². The van der Waals surface area contributed by atoms with E-state index < -0.39 is 0 Å². The molecular formula is C20H31N5O. The maximum Gasteiger partial charge on any atom is 0.317 e. The SMILES string of the molecule is CC(C)CNC(=O)N1CC[C@@H](Cc2nc3cccnc3n2CC(C)C)C1. The third kappa shape index (κ3) is 4.34. The molecule has 1 fully saturated rings. The molecule has 142 valence electrons. The van der Waals surface area contributed by atoms with Gasteiger partial charge in [-0.2, -0.15) is 0 Å². The Balaban J connectivity index is 1.68. The van der Waals surface area contributed by atoms with Gasteiger partial charge in [0.2, 0.25) is 0 Å². The molecule has 1 aliphatic heterocycles. The zero-order valence-corrected chi connectivity index (χ0v) is 16.4. The first-order valence-corrected chi connectivity index (χ1v) is 9.77. The number of carbonyl (C=O) groups is 1. The number of urea groups is 1. The summed E-state index contributed by atoms with van der Waals surface area (Å²) in [4.78, 5) is 23.6. The van der Waals surface area contributed by atoms with Crippen molar-refractivity contribution >= 4 is 17.2 Å². The Morgan fingerprint density at radius 2 is 2.12 bits per heavy atom. The Hall–Kier alpha value is -2.11. The minimum absolute atomic E-state index is 0.0681. The number of nitrogens with zero attached hydrogens (tertiary/aromatic N) is 4. The summed E-state index contributed by atoms with van der Waals surface area (Å²) in [5.74, 6) is 2.57. The molecule has 3 rings (SSSR count). The van der Waals surface area contributed by atoms with Crippen molar-refractivity contribution in [2.24, 2.45) is 17.8 Å². The Morgan fingerprint density at radius 3 is 2.85 bits per heavy atom. The molecule has 0 bridgehead atoms. The van der Waals surface area contributed by atoms with Gasteiger partial charge in [-0.05, 0) is 36.3 Å². The van der Waals surface area contributed by atoms with E-state index in [-0.39, 0.29) is 6.03 Å². The summed E-state index contributed by atoms with van der Waals surface area (Å²) in [6.45, 7) is 12.0. The van der Waals surface area contributed by atoms with Crippen LogP contribution in [0.3, 0.4) is 0 Å². The van der Waals surface area contributed by atoms with E-state index in [9.17, 15) is 4.79 Å². The molecule has 1 saturated heterocycles. The average Bonchev–Trinajstić information content (AvgIpc) is 3.18. The molecule has 0 spiro atoms. The third-order valence-corrected chi connectivity index (χ3v) is 4.84. The largest absolute Gasteiger partial charge is 0.338 e. The normalized spacial score (nSPS) is 17.6. The number of pyridine rings is 1. The van der Waals surface area contributed by atoms with E-state index in [1.807, 2.05) is 23.2 Å². The fourth-order valence-electron chi connectivity index (χ4n) is 3.56. The lowest BCUT2D eigenvalue weighted by Gasteiger charge is -2.18. The van der Waals surface area contributed by atoms with Crippen LogP contribution in [0.1, 0.15) is 39.9 Å². The fraction of sp³-hybridized carbons (Fsp3) is 0.650. The summed E-state index contributed by atoms with van der Waals surface area (Å²) >= 11 is 0. The Bertz CT molecular complexity index is 752. The highest BCUT2D eigenvalue weighted by molar-refractivity contribution is 5.74. The first kappa shape index (κ1) is 18.7. The van der Waals surface area contributed by atoms with Crippen molar-refractivity contribution in [3.8, 4) is 0 Å². The van der Waals surface area contributed by atoms with E-state index in [4.69, 9.17) is 4.98 Å². The number of carbonyl (C=O) groups excluding carboxylic acids is 1. The van der Waals surface area contributed by atoms with E-state index >= 15 is 0 Å². The van der Waals surface area contributed by atoms with E-state index in [0.29, 0.717) is 17.8 Å². The second-order valence-electron chi connectivity index (χ2n) is 8.26. The van der Waals surface area contributed by atoms with Crippen LogP contribution in [0.2, 0.25) is 0 Å². The lowest BCUT2D eigenvalue weighted by molar-refractivity contribution is 0.205. The van der Waals surface area contributed by atoms with E-state index in [1.165, 1.54) is 0 Å². The van der Waals surface area contributed by atoms with Crippen molar-refractivity contribution in [1.82, 2.24) is 24.8 Å². The van der Waals surface area contributed by atoms with Gasteiger partial charge in [0.1, 0.15) is 11.3 Å². The number of likely N-dealkylation sites (tertiary alicyclic amines) is 1. The second kappa shape index (κ2) is 8.06. The van der Waals surface area contributed by atoms with Crippen molar-refractivity contribution in [1.29, 1.82) is 0 Å². The Kier molecular flexibility index (Phi) is 5.79. The first-order valence-electron chi connectivity index (χ1n) is 9.77. The van der Waals surface area contributed by atoms with Gasteiger partial charge in [0, 0.05) is 38.8 Å². The maximum atomic E-state index is 12.3. The van der Waals surface area contributed by atoms with Gasteiger partial charge in [-0.25, -0.2) is 14.8 Å². The number of nitrogens with one attached hydrogen (secondary N) is 1. The van der Waals surface area contributed by atoms with E-state index in [0.717, 1.165) is 56.0 Å². The minimum Gasteiger partial charge on any atom is -0.338 e. The molecule has 6 nitrogen and oxygen atoms in total. The quantitative estimate of drug-likeness (QED) is 0.863. The number of hydrogen-bond acceptors (Lipinski definition) is 3. The van der Waals surface area contributed by atoms with Crippen LogP contribution in [0, 0.1) is 17.8 Å². The fourth-order valence-corrected chi connectivity index (χ4v) is 3.56. The van der Waals surface area contributed by atoms with Crippen LogP contribution in [-0.4, -0.2) is 45.1 Å². The first-order chi connectivity index (χ1) is 12.4. The molecule has 2 aromatic rings. The third-order valence-electron chi connectivity index (χ3n) is 4.84. The lowest BCUT2D eigenvalue weighted by Crippen LogP contribution is -2.40. The number of imidazole rings is 1. The molecule has 2 aromatic heterocycles. The number of rotatable bonds is 6. The molecule has 6 heteroatoms. The number of aromatic nitrogens is 3. The van der Waals surface area contributed by atoms with Crippen LogP contribution >= 0.6 is 0 Å². The van der Waals surface area contributed by atoms with Gasteiger partial charge in [-0.1, -0.05) is 27.7 Å². The standard InChI is InChI=1S/C20H31N5O/c1-14(2)11-22-20(26)24-9-7-16(13-24)10-18-23-17-6-5-8-21-19(17)25(18)12-15(3)4/h5-6,8,14-16H,7,9-13H2,1-4H3,(H,22,26)/t16-/m0/s1. The van der Waals surface area contributed by atoms with E-state index in [2.05, 4.69) is 42.6 Å². The van der Waals surface area contributed by atoms with Gasteiger partial charge in [0.15, 0.2) is 5.65 Å². The molecule has 0 unspecified atom stereocenters. The summed E-state index contributed by atoms with van der Waals surface area (Å²) in [5.41, 5.74) is 1.94. The van der Waals surface area contributed by atoms with Crippen LogP contribution < -0.4 is 5.32 Å². The number of hydrogen-bond donors (Lipinski definition) is 1. The molecule has 2 amide bonds. The highest BCUT2D eigenvalue weighted by Crippen LogP contribution is 2.23. The molecule has 1 N–H and O–H groups in total. The zero-order valence-electron chi connectivity index (χ0n) is 16.4. The minimum atomic E-state index is 0.0681. The number of fused-ring (bicyclic) bond motifs is 1. The summed E-state index contributed by atoms with van der Waals surface area (Å²) in [6.07, 6.45) is 3.77. The average molecular weight is 358 g/mol. The van der Waals surface area contributed by atoms with Gasteiger partial charge < -0.3 is 14.8 Å². The van der Waals surface area contributed by atoms with Crippen LogP contribution in [0.4, 0.5) is 4.79 Å². The van der Waals surface area contributed by atoms with Gasteiger partial charge in [0.25, 0.3) is 0 Å². The topological polar surface area (TPSA) is 63.1 Å². The molecule has 1 atom stereocenters. The molecule has 0 radical (unpaired) electrons. The summed E-state index contributed by atoms with van der Waals surface area (Å²) in [7, 11) is 0. The van der Waals surface area contributed by atoms with Crippen molar-refractivity contribution in [3.05, 3.63) is 24.2 Å². The summed E-state index contributed by atoms with van der Waals surface area (Å²) < 4.78 is 2.27. The van der Waals surface area contributed by atoms with Crippen LogP contribution in [-0.2, 0) is 13.0 Å². The second-order valence-corrected chi connectivity index (χ2v) is 8.26. The predicted molar refractivity (Wildman–Crippen MR) is 104 cm³/mol. The predicted octanol–water partition coefficient (Wildman–Crippen LogP) is 3.32. The van der Waals surface area contributed by atoms with E-state index in [1.54, 1.807) is 0 Å². The van der Waals surface area contributed by atoms with Crippen molar-refractivity contribution in [3.63, 3.8) is 0 Å². The van der Waals surface area contributed by atoms with Crippen molar-refractivity contribution in [2.75, 3.05) is 19.6 Å². The smallest absolute Gasteiger partial charge is 0.317 e. The Labute approximate surface area is 156 Å². The monoisotopic (exact) mass is 357 g/mol. The van der Waals surface area contributed by atoms with Crippen LogP contribution in [0.25, 0.3) is 11.2 Å². The van der Waals surface area contributed by atoms with Crippen LogP contribution in [0.15, 0.2) is 18.3 Å². The highest BCUT2D eigenvalue weighted by Gasteiger charge is 2.28. The zero-order chi connectivity index (χ0) is 18.7. The molecule has 0 aromatic carbocycles. The van der Waals surface area contributed by atoms with Crippen molar-refractivity contribution < 1.29 is 4.79 Å².